The first-order chi connectivity index (χ1) is 27.2. The molecule has 56 heavy (non-hydrogen) atoms. The molecular weight excluding hydrogens is 716 g/mol. The maximum absolute atomic E-state index is 13.4. The van der Waals surface area contributed by atoms with Gasteiger partial charge in [0.05, 0.1) is 40.8 Å². The van der Waals surface area contributed by atoms with Crippen molar-refractivity contribution in [2.24, 2.45) is 7.05 Å². The van der Waals surface area contributed by atoms with Gasteiger partial charge in [-0.2, -0.15) is 0 Å². The molecule has 5 atom stereocenters. The number of hydrogen-bond donors (Lipinski definition) is 0. The summed E-state index contributed by atoms with van der Waals surface area (Å²) in [5.74, 6) is 1.26. The van der Waals surface area contributed by atoms with Crippen molar-refractivity contribution >= 4 is 40.7 Å². The van der Waals surface area contributed by atoms with Crippen LogP contribution in [-0.4, -0.2) is 81.6 Å². The molecular formula is C43H42N4O9. The van der Waals surface area contributed by atoms with E-state index in [1.807, 2.05) is 49.5 Å². The highest BCUT2D eigenvalue weighted by atomic mass is 16.8. The molecule has 2 saturated heterocycles. The standard InChI is InChI=1S/C43H42N4O9/c1-5-10-37-45-38-25(2)19-29(41-44-32-13-8-9-14-33(32)46(41)4)20-34(38)47(37)21-27-15-17-28(18-16-27)30-11-6-7-12-31(30)42(49)54-26(3)55-43(50)56-36-23-52-39-35(53-24-48)22-51-40(36)39/h6-9,11-20,24,26,35-36,39-40H,5,10,21-23H2,1-4H3/t26?,35-,36-,39-,40-/m1/s1. The third-order valence-corrected chi connectivity index (χ3v) is 10.4. The van der Waals surface area contributed by atoms with Gasteiger partial charge in [0.2, 0.25) is 6.29 Å². The van der Waals surface area contributed by atoms with E-state index in [-0.39, 0.29) is 13.2 Å². The predicted molar refractivity (Wildman–Crippen MR) is 206 cm³/mol. The predicted octanol–water partition coefficient (Wildman–Crippen LogP) is 6.93. The van der Waals surface area contributed by atoms with E-state index < -0.39 is 42.8 Å². The van der Waals surface area contributed by atoms with Crippen molar-refractivity contribution in [3.63, 3.8) is 0 Å². The number of esters is 1. The summed E-state index contributed by atoms with van der Waals surface area (Å²) in [6, 6.07) is 27.7. The highest BCUT2D eigenvalue weighted by Crippen LogP contribution is 2.33. The third-order valence-electron chi connectivity index (χ3n) is 10.4. The van der Waals surface area contributed by atoms with Gasteiger partial charge in [-0.3, -0.25) is 4.79 Å². The number of para-hydroxylation sites is 2. The summed E-state index contributed by atoms with van der Waals surface area (Å²) in [5.41, 5.74) is 9.08. The molecule has 0 aliphatic carbocycles. The quantitative estimate of drug-likeness (QED) is 0.0555. The molecule has 0 amide bonds. The summed E-state index contributed by atoms with van der Waals surface area (Å²) in [7, 11) is 2.05. The van der Waals surface area contributed by atoms with E-state index in [4.69, 9.17) is 38.4 Å². The Balaban J connectivity index is 0.969. The number of aromatic nitrogens is 4. The Labute approximate surface area is 323 Å². The number of aryl methyl sites for hydroxylation is 3. The largest absolute Gasteiger partial charge is 0.511 e. The van der Waals surface area contributed by atoms with Gasteiger partial charge in [-0.1, -0.05) is 61.5 Å². The molecule has 288 valence electrons. The van der Waals surface area contributed by atoms with Crippen molar-refractivity contribution in [3.8, 4) is 22.5 Å². The first-order valence-electron chi connectivity index (χ1n) is 18.7. The molecule has 0 radical (unpaired) electrons. The van der Waals surface area contributed by atoms with Gasteiger partial charge in [-0.15, -0.1) is 0 Å². The Morgan fingerprint density at radius 3 is 2.39 bits per heavy atom. The number of carbonyl (C=O) groups excluding carboxylic acids is 3. The van der Waals surface area contributed by atoms with Crippen LogP contribution in [0.4, 0.5) is 4.79 Å². The Morgan fingerprint density at radius 2 is 1.62 bits per heavy atom. The van der Waals surface area contributed by atoms with Crippen LogP contribution in [0.15, 0.2) is 84.9 Å². The van der Waals surface area contributed by atoms with Gasteiger partial charge in [0.1, 0.15) is 23.9 Å². The zero-order valence-electron chi connectivity index (χ0n) is 31.5. The minimum absolute atomic E-state index is 0.0481. The van der Waals surface area contributed by atoms with Crippen LogP contribution in [0.5, 0.6) is 0 Å². The second kappa shape index (κ2) is 15.6. The minimum atomic E-state index is -1.25. The molecule has 2 aromatic heterocycles. The van der Waals surface area contributed by atoms with Gasteiger partial charge in [0, 0.05) is 32.5 Å². The summed E-state index contributed by atoms with van der Waals surface area (Å²) in [5, 5.41) is 0. The van der Waals surface area contributed by atoms with E-state index in [1.165, 1.54) is 6.92 Å². The lowest BCUT2D eigenvalue weighted by Crippen LogP contribution is -2.35. The third kappa shape index (κ3) is 7.11. The molecule has 0 N–H and O–H groups in total. The van der Waals surface area contributed by atoms with Crippen LogP contribution in [0.1, 0.15) is 47.6 Å². The van der Waals surface area contributed by atoms with Crippen molar-refractivity contribution in [2.75, 3.05) is 13.2 Å². The number of nitrogens with zero attached hydrogens (tertiary/aromatic N) is 4. The second-order valence-electron chi connectivity index (χ2n) is 14.1. The van der Waals surface area contributed by atoms with E-state index in [9.17, 15) is 14.4 Å². The fourth-order valence-corrected chi connectivity index (χ4v) is 7.69. The normalized spacial score (nSPS) is 19.5. The number of fused-ring (bicyclic) bond motifs is 3. The highest BCUT2D eigenvalue weighted by Gasteiger charge is 2.51. The summed E-state index contributed by atoms with van der Waals surface area (Å²) in [6.07, 6.45) is -2.98. The van der Waals surface area contributed by atoms with Crippen molar-refractivity contribution in [1.82, 2.24) is 19.1 Å². The zero-order valence-corrected chi connectivity index (χ0v) is 31.5. The number of rotatable bonds is 12. The molecule has 1 unspecified atom stereocenters. The van der Waals surface area contributed by atoms with Gasteiger partial charge in [-0.05, 0) is 65.9 Å². The van der Waals surface area contributed by atoms with Gasteiger partial charge >= 0.3 is 12.1 Å². The molecule has 2 fully saturated rings. The maximum Gasteiger partial charge on any atom is 0.511 e. The SMILES string of the molecule is CCCc1nc2c(C)cc(-c3nc4ccccc4n3C)cc2n1Cc1ccc(-c2ccccc2C(=O)OC(C)OC(=O)O[C@@H]2CO[C@H]3[C@@H]2OC[C@H]3OC=O)cc1. The van der Waals surface area contributed by atoms with Crippen LogP contribution in [0.3, 0.4) is 0 Å². The lowest BCUT2D eigenvalue weighted by atomic mass is 9.98. The van der Waals surface area contributed by atoms with Crippen molar-refractivity contribution in [2.45, 2.75) is 70.9 Å². The number of imidazole rings is 2. The molecule has 13 nitrogen and oxygen atoms in total. The average Bonchev–Trinajstić information content (AvgIpc) is 3.96. The fraction of sp³-hybridized carbons (Fsp3) is 0.326. The zero-order chi connectivity index (χ0) is 38.9. The summed E-state index contributed by atoms with van der Waals surface area (Å²) < 4.78 is 36.8. The van der Waals surface area contributed by atoms with Crippen LogP contribution in [0.25, 0.3) is 44.6 Å². The molecule has 0 spiro atoms. The molecule has 6 aromatic rings. The van der Waals surface area contributed by atoms with Gasteiger partial charge < -0.3 is 37.6 Å². The monoisotopic (exact) mass is 758 g/mol. The Bertz CT molecular complexity index is 2420. The molecule has 4 heterocycles. The fourth-order valence-electron chi connectivity index (χ4n) is 7.69. The lowest BCUT2D eigenvalue weighted by Gasteiger charge is -2.19. The van der Waals surface area contributed by atoms with Crippen LogP contribution >= 0.6 is 0 Å². The molecule has 4 aromatic carbocycles. The number of hydrogen-bond acceptors (Lipinski definition) is 11. The lowest BCUT2D eigenvalue weighted by molar-refractivity contribution is -0.138. The van der Waals surface area contributed by atoms with E-state index in [0.717, 1.165) is 68.8 Å². The van der Waals surface area contributed by atoms with Gasteiger partial charge in [-0.25, -0.2) is 19.6 Å². The van der Waals surface area contributed by atoms with Crippen LogP contribution in [-0.2, 0) is 53.2 Å². The number of benzene rings is 4. The second-order valence-corrected chi connectivity index (χ2v) is 14.1. The highest BCUT2D eigenvalue weighted by molar-refractivity contribution is 5.97. The topological polar surface area (TPSA) is 142 Å². The minimum Gasteiger partial charge on any atom is -0.459 e. The Kier molecular flexibility index (Phi) is 10.3. The van der Waals surface area contributed by atoms with Crippen molar-refractivity contribution in [1.29, 1.82) is 0 Å². The smallest absolute Gasteiger partial charge is 0.459 e. The first kappa shape index (κ1) is 36.9. The van der Waals surface area contributed by atoms with Crippen LogP contribution in [0, 0.1) is 6.92 Å². The van der Waals surface area contributed by atoms with Gasteiger partial charge in [0.25, 0.3) is 6.47 Å². The van der Waals surface area contributed by atoms with Crippen molar-refractivity contribution in [3.05, 3.63) is 107 Å². The van der Waals surface area contributed by atoms with Crippen LogP contribution in [0.2, 0.25) is 0 Å². The maximum atomic E-state index is 13.4. The van der Waals surface area contributed by atoms with E-state index in [1.54, 1.807) is 12.1 Å². The molecule has 13 heteroatoms. The summed E-state index contributed by atoms with van der Waals surface area (Å²) >= 11 is 0. The molecule has 2 aliphatic rings. The molecule has 0 bridgehead atoms. The number of ether oxygens (including phenoxy) is 6. The number of carbonyl (C=O) groups is 3. The molecule has 8 rings (SSSR count). The van der Waals surface area contributed by atoms with Crippen molar-refractivity contribution < 1.29 is 42.8 Å². The Hall–Kier alpha value is -6.05. The average molecular weight is 759 g/mol. The Morgan fingerprint density at radius 1 is 0.893 bits per heavy atom. The summed E-state index contributed by atoms with van der Waals surface area (Å²) in [6.45, 7) is 6.82. The van der Waals surface area contributed by atoms with E-state index in [2.05, 4.69) is 53.3 Å². The molecule has 2 aliphatic heterocycles. The first-order valence-corrected chi connectivity index (χ1v) is 18.7. The van der Waals surface area contributed by atoms with Crippen LogP contribution < -0.4 is 0 Å². The molecule has 0 saturated carbocycles. The van der Waals surface area contributed by atoms with Gasteiger partial charge in [0.15, 0.2) is 12.2 Å². The van der Waals surface area contributed by atoms with E-state index in [0.29, 0.717) is 24.1 Å². The summed E-state index contributed by atoms with van der Waals surface area (Å²) in [4.78, 5) is 46.8. The van der Waals surface area contributed by atoms with E-state index >= 15 is 0 Å².